The summed E-state index contributed by atoms with van der Waals surface area (Å²) in [6, 6.07) is 51.7. The Morgan fingerprint density at radius 1 is 0.422 bits per heavy atom. The van der Waals surface area contributed by atoms with E-state index in [1.165, 1.54) is 26.6 Å². The Morgan fingerprint density at radius 3 is 1.62 bits per heavy atom. The van der Waals surface area contributed by atoms with Crippen molar-refractivity contribution < 1.29 is 0 Å². The highest BCUT2D eigenvalue weighted by atomic mass is 32.1. The van der Waals surface area contributed by atoms with Crippen LogP contribution in [0.4, 0.5) is 0 Å². The number of rotatable bonds is 5. The molecule has 0 saturated carbocycles. The number of thiophene rings is 1. The van der Waals surface area contributed by atoms with Gasteiger partial charge in [0.2, 0.25) is 0 Å². The van der Waals surface area contributed by atoms with Gasteiger partial charge in [0.1, 0.15) is 0 Å². The van der Waals surface area contributed by atoms with E-state index in [1.54, 1.807) is 23.5 Å². The maximum absolute atomic E-state index is 9.37. The Hall–Kier alpha value is -5.96. The molecule has 8 rings (SSSR count). The molecule has 0 aliphatic carbocycles. The summed E-state index contributed by atoms with van der Waals surface area (Å²) in [6.45, 7) is 0. The minimum atomic E-state index is 0.563. The summed E-state index contributed by atoms with van der Waals surface area (Å²) < 4.78 is 2.36. The van der Waals surface area contributed by atoms with Crippen LogP contribution in [0, 0.1) is 11.3 Å². The van der Waals surface area contributed by atoms with Crippen LogP contribution < -0.4 is 0 Å². The normalized spacial score (nSPS) is 11.1. The zero-order valence-corrected chi connectivity index (χ0v) is 24.9. The van der Waals surface area contributed by atoms with Crippen LogP contribution in [-0.4, -0.2) is 15.0 Å². The largest absolute Gasteiger partial charge is 0.208 e. The third-order valence-corrected chi connectivity index (χ3v) is 9.26. The summed E-state index contributed by atoms with van der Waals surface area (Å²) in [4.78, 5) is 15.1. The van der Waals surface area contributed by atoms with Crippen LogP contribution in [0.5, 0.6) is 0 Å². The molecule has 2 aromatic heterocycles. The van der Waals surface area contributed by atoms with Gasteiger partial charge in [-0.05, 0) is 58.7 Å². The van der Waals surface area contributed by atoms with Crippen molar-refractivity contribution in [2.24, 2.45) is 0 Å². The molecule has 0 atom stereocenters. The Kier molecular flexibility index (Phi) is 6.68. The molecule has 0 amide bonds. The molecule has 210 valence electrons. The van der Waals surface area contributed by atoms with Gasteiger partial charge in [0.25, 0.3) is 0 Å². The highest BCUT2D eigenvalue weighted by Crippen LogP contribution is 2.45. The van der Waals surface area contributed by atoms with Gasteiger partial charge in [0, 0.05) is 36.9 Å². The first-order valence-corrected chi connectivity index (χ1v) is 15.5. The Morgan fingerprint density at radius 2 is 0.978 bits per heavy atom. The highest BCUT2D eigenvalue weighted by Gasteiger charge is 2.20. The van der Waals surface area contributed by atoms with Crippen molar-refractivity contribution in [3.8, 4) is 62.5 Å². The molecule has 8 aromatic rings. The average molecular weight is 593 g/mol. The minimum Gasteiger partial charge on any atom is -0.208 e. The van der Waals surface area contributed by atoms with E-state index in [-0.39, 0.29) is 0 Å². The monoisotopic (exact) mass is 592 g/mol. The second-order valence-electron chi connectivity index (χ2n) is 10.8. The van der Waals surface area contributed by atoms with E-state index in [4.69, 9.17) is 15.0 Å². The zero-order valence-electron chi connectivity index (χ0n) is 24.1. The summed E-state index contributed by atoms with van der Waals surface area (Å²) in [6.07, 6.45) is 0. The van der Waals surface area contributed by atoms with E-state index in [0.717, 1.165) is 32.5 Å². The fourth-order valence-corrected chi connectivity index (χ4v) is 7.07. The van der Waals surface area contributed by atoms with Gasteiger partial charge in [0.15, 0.2) is 17.5 Å². The Bertz CT molecular complexity index is 2360. The summed E-state index contributed by atoms with van der Waals surface area (Å²) >= 11 is 1.78. The first-order valence-electron chi connectivity index (χ1n) is 14.7. The van der Waals surface area contributed by atoms with Gasteiger partial charge in [-0.1, -0.05) is 109 Å². The average Bonchev–Trinajstić information content (AvgIpc) is 3.51. The molecule has 0 bridgehead atoms. The summed E-state index contributed by atoms with van der Waals surface area (Å²) in [5.74, 6) is 1.77. The van der Waals surface area contributed by atoms with Crippen LogP contribution in [0.25, 0.3) is 76.6 Å². The lowest BCUT2D eigenvalue weighted by Gasteiger charge is -2.11. The molecule has 0 aliphatic rings. The lowest BCUT2D eigenvalue weighted by molar-refractivity contribution is 1.08. The second-order valence-corrected chi connectivity index (χ2v) is 11.8. The quantitative estimate of drug-likeness (QED) is 0.199. The van der Waals surface area contributed by atoms with Crippen molar-refractivity contribution >= 4 is 31.5 Å². The van der Waals surface area contributed by atoms with Gasteiger partial charge >= 0.3 is 0 Å². The fourth-order valence-electron chi connectivity index (χ4n) is 5.74. The molecule has 45 heavy (non-hydrogen) atoms. The van der Waals surface area contributed by atoms with E-state index in [2.05, 4.69) is 91.0 Å². The topological polar surface area (TPSA) is 62.5 Å². The summed E-state index contributed by atoms with van der Waals surface area (Å²) in [5.41, 5.74) is 7.92. The number of hydrogen-bond donors (Lipinski definition) is 0. The summed E-state index contributed by atoms with van der Waals surface area (Å²) in [7, 11) is 0. The molecule has 0 saturated heterocycles. The molecule has 0 radical (unpaired) electrons. The van der Waals surface area contributed by atoms with Crippen molar-refractivity contribution in [2.45, 2.75) is 0 Å². The van der Waals surface area contributed by atoms with Crippen molar-refractivity contribution in [3.63, 3.8) is 0 Å². The Labute approximate surface area is 264 Å². The van der Waals surface area contributed by atoms with Crippen LogP contribution in [0.3, 0.4) is 0 Å². The number of benzene rings is 6. The van der Waals surface area contributed by atoms with Crippen molar-refractivity contribution in [1.82, 2.24) is 15.0 Å². The molecular weight excluding hydrogens is 569 g/mol. The maximum atomic E-state index is 9.37. The predicted octanol–water partition coefficient (Wildman–Crippen LogP) is 10.4. The van der Waals surface area contributed by atoms with E-state index in [0.29, 0.717) is 23.0 Å². The molecule has 0 N–H and O–H groups in total. The number of aromatic nitrogens is 3. The molecule has 0 fully saturated rings. The van der Waals surface area contributed by atoms with Gasteiger partial charge < -0.3 is 0 Å². The summed E-state index contributed by atoms with van der Waals surface area (Å²) in [5, 5.41) is 11.7. The van der Waals surface area contributed by atoms with E-state index < -0.39 is 0 Å². The molecule has 2 heterocycles. The molecule has 0 aliphatic heterocycles. The van der Waals surface area contributed by atoms with Crippen molar-refractivity contribution in [3.05, 3.63) is 151 Å². The van der Waals surface area contributed by atoms with E-state index in [1.807, 2.05) is 48.5 Å². The molecule has 0 spiro atoms. The van der Waals surface area contributed by atoms with Crippen LogP contribution in [0.2, 0.25) is 0 Å². The number of nitrogens with zero attached hydrogens (tertiary/aromatic N) is 4. The molecule has 6 aromatic carbocycles. The number of fused-ring (bicyclic) bond motifs is 3. The molecule has 5 heteroatoms. The predicted molar refractivity (Wildman–Crippen MR) is 185 cm³/mol. The van der Waals surface area contributed by atoms with Crippen LogP contribution in [0.1, 0.15) is 5.56 Å². The fraction of sp³-hybridized carbons (Fsp3) is 0. The van der Waals surface area contributed by atoms with Gasteiger partial charge in [-0.15, -0.1) is 11.3 Å². The lowest BCUT2D eigenvalue weighted by Crippen LogP contribution is -2.00. The van der Waals surface area contributed by atoms with E-state index >= 15 is 0 Å². The van der Waals surface area contributed by atoms with Crippen LogP contribution in [-0.2, 0) is 0 Å². The third-order valence-electron chi connectivity index (χ3n) is 7.97. The van der Waals surface area contributed by atoms with Crippen LogP contribution >= 0.6 is 11.3 Å². The smallest absolute Gasteiger partial charge is 0.165 e. The Balaban J connectivity index is 1.44. The van der Waals surface area contributed by atoms with Gasteiger partial charge in [-0.3, -0.25) is 0 Å². The SMILES string of the molecule is N#Cc1ccc(-c2nc(-c3ccccc3)nc(-c3cc(-c4ccccc4)cc4c3sc3c(-c5ccccc5)cccc34)n2)cc1. The highest BCUT2D eigenvalue weighted by molar-refractivity contribution is 7.26. The minimum absolute atomic E-state index is 0.563. The van der Waals surface area contributed by atoms with Crippen LogP contribution in [0.15, 0.2) is 146 Å². The third kappa shape index (κ3) is 4.94. The van der Waals surface area contributed by atoms with Gasteiger partial charge in [-0.25, -0.2) is 15.0 Å². The molecule has 4 nitrogen and oxygen atoms in total. The van der Waals surface area contributed by atoms with Gasteiger partial charge in [-0.2, -0.15) is 5.26 Å². The first kappa shape index (κ1) is 26.7. The first-order chi connectivity index (χ1) is 22.2. The molecule has 0 unspecified atom stereocenters. The second kappa shape index (κ2) is 11.3. The molecular formula is C40H24N4S. The van der Waals surface area contributed by atoms with Crippen molar-refractivity contribution in [1.29, 1.82) is 5.26 Å². The number of nitriles is 1. The maximum Gasteiger partial charge on any atom is 0.165 e. The standard InChI is InChI=1S/C40H24N4S/c41-25-26-19-21-30(22-20-26)39-42-38(29-15-8-3-9-16-29)43-40(44-39)35-24-31(27-11-4-1-5-12-27)23-34-33-18-10-17-32(36(33)45-37(34)35)28-13-6-2-7-14-28/h1-24H. The van der Waals surface area contributed by atoms with E-state index in [9.17, 15) is 5.26 Å². The van der Waals surface area contributed by atoms with Crippen molar-refractivity contribution in [2.75, 3.05) is 0 Å². The van der Waals surface area contributed by atoms with Gasteiger partial charge in [0.05, 0.1) is 11.6 Å². The zero-order chi connectivity index (χ0) is 30.2. The lowest BCUT2D eigenvalue weighted by atomic mass is 9.97. The number of hydrogen-bond acceptors (Lipinski definition) is 5.